The Bertz CT molecular complexity index is 1490. The van der Waals surface area contributed by atoms with Gasteiger partial charge in [-0.1, -0.05) is 299 Å². The quantitative estimate of drug-likeness (QED) is 0.0261. The highest BCUT2D eigenvalue weighted by atomic mass is 16.7. The zero-order valence-electron chi connectivity index (χ0n) is 52.1. The van der Waals surface area contributed by atoms with Crippen molar-refractivity contribution in [1.29, 1.82) is 0 Å². The summed E-state index contributed by atoms with van der Waals surface area (Å²) >= 11 is 0. The third kappa shape index (κ3) is 48.0. The average molecular weight is 1120 g/mol. The van der Waals surface area contributed by atoms with Crippen LogP contribution in [0.3, 0.4) is 0 Å². The van der Waals surface area contributed by atoms with E-state index in [0.717, 1.165) is 57.8 Å². The zero-order valence-corrected chi connectivity index (χ0v) is 52.1. The summed E-state index contributed by atoms with van der Waals surface area (Å²) in [5.74, 6) is -0.191. The molecule has 9 nitrogen and oxygen atoms in total. The molecule has 0 radical (unpaired) electrons. The largest absolute Gasteiger partial charge is 0.394 e. The van der Waals surface area contributed by atoms with E-state index < -0.39 is 49.5 Å². The summed E-state index contributed by atoms with van der Waals surface area (Å²) in [7, 11) is 0. The fraction of sp³-hybridized carbons (Fsp3) is 0.817. The van der Waals surface area contributed by atoms with E-state index in [2.05, 4.69) is 79.9 Å². The average Bonchev–Trinajstić information content (AvgIpc) is 3.46. The van der Waals surface area contributed by atoms with Gasteiger partial charge in [-0.3, -0.25) is 4.79 Å². The molecule has 466 valence electrons. The van der Waals surface area contributed by atoms with Crippen LogP contribution in [0.25, 0.3) is 0 Å². The van der Waals surface area contributed by atoms with Crippen molar-refractivity contribution in [3.05, 3.63) is 72.9 Å². The zero-order chi connectivity index (χ0) is 57.9. The second kappa shape index (κ2) is 59.8. The summed E-state index contributed by atoms with van der Waals surface area (Å²) in [6, 6.07) is -0.835. The molecule has 80 heavy (non-hydrogen) atoms. The van der Waals surface area contributed by atoms with Gasteiger partial charge in [-0.15, -0.1) is 0 Å². The Morgan fingerprint density at radius 2 is 0.750 bits per heavy atom. The van der Waals surface area contributed by atoms with E-state index in [4.69, 9.17) is 9.47 Å². The van der Waals surface area contributed by atoms with Gasteiger partial charge in [-0.05, 0) is 83.5 Å². The number of aliphatic hydroxyl groups excluding tert-OH is 5. The Balaban J connectivity index is 2.19. The summed E-state index contributed by atoms with van der Waals surface area (Å²) in [5.41, 5.74) is 0. The van der Waals surface area contributed by atoms with Gasteiger partial charge in [0.1, 0.15) is 24.4 Å². The van der Waals surface area contributed by atoms with Crippen LogP contribution in [0.2, 0.25) is 0 Å². The van der Waals surface area contributed by atoms with Crippen molar-refractivity contribution in [2.24, 2.45) is 0 Å². The van der Waals surface area contributed by atoms with Crippen molar-refractivity contribution < 1.29 is 39.8 Å². The molecule has 1 heterocycles. The molecule has 0 bridgehead atoms. The number of unbranched alkanes of at least 4 members (excludes halogenated alkanes) is 39. The van der Waals surface area contributed by atoms with Crippen LogP contribution in [0.4, 0.5) is 0 Å². The molecule has 0 saturated carbocycles. The first-order valence-corrected chi connectivity index (χ1v) is 34.2. The van der Waals surface area contributed by atoms with Crippen molar-refractivity contribution in [3.63, 3.8) is 0 Å². The number of hydrogen-bond acceptors (Lipinski definition) is 8. The maximum Gasteiger partial charge on any atom is 0.220 e. The van der Waals surface area contributed by atoms with Crippen LogP contribution in [0.5, 0.6) is 0 Å². The summed E-state index contributed by atoms with van der Waals surface area (Å²) in [6.07, 6.45) is 77.2. The number of allylic oxidation sites excluding steroid dienone is 11. The van der Waals surface area contributed by atoms with Crippen molar-refractivity contribution in [3.8, 4) is 0 Å². The molecule has 6 N–H and O–H groups in total. The van der Waals surface area contributed by atoms with E-state index in [1.807, 2.05) is 6.08 Å². The van der Waals surface area contributed by atoms with Gasteiger partial charge in [-0.2, -0.15) is 0 Å². The number of hydrogen-bond donors (Lipinski definition) is 6. The lowest BCUT2D eigenvalue weighted by atomic mass is 9.99. The first-order valence-electron chi connectivity index (χ1n) is 34.2. The second-order valence-corrected chi connectivity index (χ2v) is 23.6. The molecular formula is C71H129NO8. The predicted octanol–water partition coefficient (Wildman–Crippen LogP) is 18.4. The van der Waals surface area contributed by atoms with Crippen LogP contribution < -0.4 is 5.32 Å². The molecule has 1 rings (SSSR count). The minimum atomic E-state index is -1.58. The van der Waals surface area contributed by atoms with E-state index in [-0.39, 0.29) is 12.5 Å². The molecule has 7 unspecified atom stereocenters. The van der Waals surface area contributed by atoms with Gasteiger partial charge in [0.05, 0.1) is 25.4 Å². The second-order valence-electron chi connectivity index (χ2n) is 23.6. The lowest BCUT2D eigenvalue weighted by Crippen LogP contribution is -2.60. The molecule has 1 aliphatic rings. The molecule has 1 fully saturated rings. The Kier molecular flexibility index (Phi) is 56.5. The molecule has 1 saturated heterocycles. The smallest absolute Gasteiger partial charge is 0.220 e. The van der Waals surface area contributed by atoms with Crippen molar-refractivity contribution in [2.45, 2.75) is 358 Å². The minimum absolute atomic E-state index is 0.191. The van der Waals surface area contributed by atoms with Gasteiger partial charge in [0.25, 0.3) is 0 Å². The molecule has 0 aromatic heterocycles. The number of rotatable bonds is 59. The maximum atomic E-state index is 13.1. The summed E-state index contributed by atoms with van der Waals surface area (Å²) < 4.78 is 11.3. The summed E-state index contributed by atoms with van der Waals surface area (Å²) in [5, 5.41) is 54.7. The van der Waals surface area contributed by atoms with Crippen LogP contribution in [0.15, 0.2) is 72.9 Å². The highest BCUT2D eigenvalue weighted by Gasteiger charge is 2.44. The van der Waals surface area contributed by atoms with Gasteiger partial charge in [-0.25, -0.2) is 0 Å². The molecule has 7 atom stereocenters. The van der Waals surface area contributed by atoms with E-state index >= 15 is 0 Å². The third-order valence-corrected chi connectivity index (χ3v) is 16.0. The topological polar surface area (TPSA) is 149 Å². The number of amides is 1. The molecule has 9 heteroatoms. The molecule has 1 aliphatic heterocycles. The van der Waals surface area contributed by atoms with Crippen molar-refractivity contribution in [1.82, 2.24) is 5.32 Å². The molecule has 0 aliphatic carbocycles. The molecule has 0 aromatic rings. The molecule has 0 aromatic carbocycles. The van der Waals surface area contributed by atoms with E-state index in [1.54, 1.807) is 6.08 Å². The van der Waals surface area contributed by atoms with Gasteiger partial charge in [0.2, 0.25) is 5.91 Å². The van der Waals surface area contributed by atoms with Crippen LogP contribution >= 0.6 is 0 Å². The van der Waals surface area contributed by atoms with Gasteiger partial charge < -0.3 is 40.3 Å². The number of carbonyl (C=O) groups excluding carboxylic acids is 1. The number of nitrogens with one attached hydrogen (secondary N) is 1. The predicted molar refractivity (Wildman–Crippen MR) is 341 cm³/mol. The summed E-state index contributed by atoms with van der Waals surface area (Å²) in [4.78, 5) is 13.1. The Hall–Kier alpha value is -2.37. The van der Waals surface area contributed by atoms with E-state index in [0.29, 0.717) is 6.42 Å². The fourth-order valence-corrected chi connectivity index (χ4v) is 10.6. The van der Waals surface area contributed by atoms with Gasteiger partial charge in [0.15, 0.2) is 6.29 Å². The van der Waals surface area contributed by atoms with Crippen LogP contribution in [-0.4, -0.2) is 87.5 Å². The Morgan fingerprint density at radius 1 is 0.425 bits per heavy atom. The number of ether oxygens (including phenoxy) is 2. The maximum absolute atomic E-state index is 13.1. The van der Waals surface area contributed by atoms with Crippen LogP contribution in [0, 0.1) is 0 Å². The molecule has 1 amide bonds. The highest BCUT2D eigenvalue weighted by molar-refractivity contribution is 5.76. The molecule has 0 spiro atoms. The normalized spacial score (nSPS) is 18.9. The van der Waals surface area contributed by atoms with E-state index in [1.165, 1.54) is 238 Å². The lowest BCUT2D eigenvalue weighted by Gasteiger charge is -2.40. The van der Waals surface area contributed by atoms with Gasteiger partial charge in [0, 0.05) is 6.42 Å². The number of aliphatic hydroxyl groups is 5. The first kappa shape index (κ1) is 75.6. The fourth-order valence-electron chi connectivity index (χ4n) is 10.6. The number of carbonyl (C=O) groups is 1. The van der Waals surface area contributed by atoms with Crippen molar-refractivity contribution in [2.75, 3.05) is 13.2 Å². The summed E-state index contributed by atoms with van der Waals surface area (Å²) in [6.45, 7) is 3.78. The van der Waals surface area contributed by atoms with Gasteiger partial charge >= 0.3 is 0 Å². The lowest BCUT2D eigenvalue weighted by molar-refractivity contribution is -0.302. The third-order valence-electron chi connectivity index (χ3n) is 16.0. The van der Waals surface area contributed by atoms with Crippen LogP contribution in [-0.2, 0) is 14.3 Å². The Labute approximate surface area is 493 Å². The molecular weight excluding hydrogens is 995 g/mol. The first-order chi connectivity index (χ1) is 39.3. The highest BCUT2D eigenvalue weighted by Crippen LogP contribution is 2.23. The van der Waals surface area contributed by atoms with Crippen molar-refractivity contribution >= 4 is 5.91 Å². The minimum Gasteiger partial charge on any atom is -0.394 e. The van der Waals surface area contributed by atoms with Crippen LogP contribution in [0.1, 0.15) is 316 Å². The SMILES string of the molecule is CCCCCCC/C=C\C/C=C\C/C=C\CCCCCCCCCCCCCCC(=O)NC(COC1OC(CO)C(O)C(O)C1O)C(O)/C=C/CC/C=C/CC/C=C/CCCCCCCCCCCCCCCCCCCCCC. The Morgan fingerprint density at radius 3 is 1.14 bits per heavy atom. The van der Waals surface area contributed by atoms with E-state index in [9.17, 15) is 30.3 Å². The standard InChI is InChI=1S/C71H129NO8/c1-3-5-7-9-11-13-15-17-19-21-23-25-27-29-31-32-33-35-36-38-40-42-44-46-48-50-52-54-56-58-60-65(74)64(63-79-71-70(78)69(77)68(76)66(62-73)80-71)72-67(75)61-59-57-55-53-51-49-47-45-43-41-39-37-34-30-28-26-24-22-20-18-16-14-12-10-8-6-4-2/h16,18,22,24,28,30,42,44,50,52,58,60,64-66,68-71,73-74,76-78H,3-15,17,19-21,23,25-27,29,31-41,43,45-49,51,53-57,59,61-63H2,1-2H3,(H,72,75)/b18-16-,24-22-,30-28-,44-42+,52-50+,60-58+. The monoisotopic (exact) mass is 1120 g/mol.